The lowest BCUT2D eigenvalue weighted by atomic mass is 10.3. The van der Waals surface area contributed by atoms with Gasteiger partial charge in [0.1, 0.15) is 0 Å². The predicted molar refractivity (Wildman–Crippen MR) is 49.7 cm³/mol. The first-order chi connectivity index (χ1) is 5.93. The van der Waals surface area contributed by atoms with Crippen LogP contribution in [-0.2, 0) is 0 Å². The standard InChI is InChI=1S/C10H10N2/c11-8-4-5-9-12-10-6-2-1-3-7-10/h1-7,12H,9H2. The smallest absolute Gasteiger partial charge is 0.0909 e. The molecule has 0 heterocycles. The highest BCUT2D eigenvalue weighted by Crippen LogP contribution is 2.03. The Morgan fingerprint density at radius 2 is 2.08 bits per heavy atom. The summed E-state index contributed by atoms with van der Waals surface area (Å²) in [5.41, 5.74) is 1.07. The number of nitrogens with one attached hydrogen (secondary N) is 1. The third-order valence-corrected chi connectivity index (χ3v) is 1.39. The Labute approximate surface area is 72.1 Å². The second-order valence-electron chi connectivity index (χ2n) is 2.28. The Kier molecular flexibility index (Phi) is 3.46. The molecule has 0 atom stereocenters. The van der Waals surface area contributed by atoms with Crippen molar-refractivity contribution in [3.05, 3.63) is 42.5 Å². The van der Waals surface area contributed by atoms with Crippen LogP contribution < -0.4 is 5.32 Å². The van der Waals surface area contributed by atoms with Gasteiger partial charge in [0, 0.05) is 18.3 Å². The normalized spacial score (nSPS) is 9.58. The van der Waals surface area contributed by atoms with Crippen LogP contribution in [0.1, 0.15) is 0 Å². The topological polar surface area (TPSA) is 35.8 Å². The number of hydrogen-bond acceptors (Lipinski definition) is 2. The average Bonchev–Trinajstić information content (AvgIpc) is 2.14. The fourth-order valence-electron chi connectivity index (χ4n) is 0.844. The number of nitrogens with zero attached hydrogens (tertiary/aromatic N) is 1. The van der Waals surface area contributed by atoms with Gasteiger partial charge in [-0.25, -0.2) is 0 Å². The second-order valence-corrected chi connectivity index (χ2v) is 2.28. The van der Waals surface area contributed by atoms with Crippen molar-refractivity contribution in [2.75, 3.05) is 11.9 Å². The molecule has 2 heteroatoms. The first-order valence-corrected chi connectivity index (χ1v) is 3.77. The van der Waals surface area contributed by atoms with E-state index in [1.54, 1.807) is 6.08 Å². The van der Waals surface area contributed by atoms with E-state index in [1.807, 2.05) is 36.4 Å². The lowest BCUT2D eigenvalue weighted by Crippen LogP contribution is -1.96. The van der Waals surface area contributed by atoms with Crippen LogP contribution in [0.5, 0.6) is 0 Å². The Morgan fingerprint density at radius 3 is 2.75 bits per heavy atom. The van der Waals surface area contributed by atoms with E-state index in [9.17, 15) is 0 Å². The molecule has 0 aliphatic rings. The summed E-state index contributed by atoms with van der Waals surface area (Å²) >= 11 is 0. The molecule has 0 saturated heterocycles. The van der Waals surface area contributed by atoms with Crippen molar-refractivity contribution in [3.63, 3.8) is 0 Å². The van der Waals surface area contributed by atoms with Crippen LogP contribution in [0.25, 0.3) is 0 Å². The zero-order chi connectivity index (χ0) is 8.65. The number of rotatable bonds is 3. The van der Waals surface area contributed by atoms with E-state index in [0.717, 1.165) is 5.69 Å². The summed E-state index contributed by atoms with van der Waals surface area (Å²) in [4.78, 5) is 0. The van der Waals surface area contributed by atoms with Gasteiger partial charge in [-0.3, -0.25) is 0 Å². The highest BCUT2D eigenvalue weighted by atomic mass is 14.8. The first-order valence-electron chi connectivity index (χ1n) is 3.77. The lowest BCUT2D eigenvalue weighted by Gasteiger charge is -2.00. The minimum absolute atomic E-state index is 0.692. The average molecular weight is 158 g/mol. The van der Waals surface area contributed by atoms with E-state index >= 15 is 0 Å². The van der Waals surface area contributed by atoms with E-state index in [1.165, 1.54) is 6.08 Å². The highest BCUT2D eigenvalue weighted by molar-refractivity contribution is 5.42. The van der Waals surface area contributed by atoms with Crippen molar-refractivity contribution >= 4 is 5.69 Å². The van der Waals surface area contributed by atoms with Crippen molar-refractivity contribution in [1.82, 2.24) is 0 Å². The van der Waals surface area contributed by atoms with Crippen molar-refractivity contribution in [1.29, 1.82) is 5.26 Å². The molecule has 2 nitrogen and oxygen atoms in total. The van der Waals surface area contributed by atoms with Gasteiger partial charge in [-0.15, -0.1) is 0 Å². The minimum Gasteiger partial charge on any atom is -0.382 e. The first kappa shape index (κ1) is 8.35. The van der Waals surface area contributed by atoms with Crippen molar-refractivity contribution in [2.24, 2.45) is 0 Å². The molecule has 60 valence electrons. The number of nitriles is 1. The Balaban J connectivity index is 2.35. The van der Waals surface area contributed by atoms with Crippen LogP contribution in [0.3, 0.4) is 0 Å². The van der Waals surface area contributed by atoms with Crippen LogP contribution in [0.15, 0.2) is 42.5 Å². The zero-order valence-corrected chi connectivity index (χ0v) is 6.70. The van der Waals surface area contributed by atoms with Gasteiger partial charge in [-0.05, 0) is 12.1 Å². The summed E-state index contributed by atoms with van der Waals surface area (Å²) in [6, 6.07) is 11.8. The van der Waals surface area contributed by atoms with Crippen LogP contribution in [0, 0.1) is 11.3 Å². The Bertz CT molecular complexity index is 282. The van der Waals surface area contributed by atoms with Gasteiger partial charge >= 0.3 is 0 Å². The molecule has 1 aromatic rings. The van der Waals surface area contributed by atoms with Crippen LogP contribution in [0.2, 0.25) is 0 Å². The fraction of sp³-hybridized carbons (Fsp3) is 0.100. The molecule has 0 aliphatic carbocycles. The SMILES string of the molecule is N#CC=CCNc1ccccc1. The molecule has 0 saturated carbocycles. The summed E-state index contributed by atoms with van der Waals surface area (Å²) in [6.07, 6.45) is 3.25. The van der Waals surface area contributed by atoms with Crippen LogP contribution in [0.4, 0.5) is 5.69 Å². The van der Waals surface area contributed by atoms with E-state index in [0.29, 0.717) is 6.54 Å². The third kappa shape index (κ3) is 2.89. The molecular weight excluding hydrogens is 148 g/mol. The maximum atomic E-state index is 8.20. The minimum atomic E-state index is 0.692. The molecule has 0 aromatic heterocycles. The van der Waals surface area contributed by atoms with Gasteiger partial charge in [0.2, 0.25) is 0 Å². The maximum Gasteiger partial charge on any atom is 0.0909 e. The van der Waals surface area contributed by atoms with Gasteiger partial charge in [-0.1, -0.05) is 24.3 Å². The second kappa shape index (κ2) is 4.97. The number of hydrogen-bond donors (Lipinski definition) is 1. The van der Waals surface area contributed by atoms with E-state index < -0.39 is 0 Å². The van der Waals surface area contributed by atoms with Gasteiger partial charge in [0.25, 0.3) is 0 Å². The number of anilines is 1. The Hall–Kier alpha value is -1.75. The highest BCUT2D eigenvalue weighted by Gasteiger charge is 1.83. The molecule has 0 bridgehead atoms. The molecule has 0 aliphatic heterocycles. The van der Waals surface area contributed by atoms with Crippen molar-refractivity contribution < 1.29 is 0 Å². The van der Waals surface area contributed by atoms with Crippen LogP contribution >= 0.6 is 0 Å². The molecule has 0 spiro atoms. The Morgan fingerprint density at radius 1 is 1.33 bits per heavy atom. The van der Waals surface area contributed by atoms with Gasteiger partial charge < -0.3 is 5.32 Å². The van der Waals surface area contributed by atoms with E-state index in [-0.39, 0.29) is 0 Å². The van der Waals surface area contributed by atoms with E-state index in [4.69, 9.17) is 5.26 Å². The fourth-order valence-corrected chi connectivity index (χ4v) is 0.844. The summed E-state index contributed by atoms with van der Waals surface area (Å²) in [7, 11) is 0. The van der Waals surface area contributed by atoms with Crippen molar-refractivity contribution in [3.8, 4) is 6.07 Å². The molecule has 0 amide bonds. The lowest BCUT2D eigenvalue weighted by molar-refractivity contribution is 1.33. The predicted octanol–water partition coefficient (Wildman–Crippen LogP) is 2.18. The number of allylic oxidation sites excluding steroid dienone is 1. The van der Waals surface area contributed by atoms with Gasteiger partial charge in [0.15, 0.2) is 0 Å². The number of benzene rings is 1. The molecule has 12 heavy (non-hydrogen) atoms. The largest absolute Gasteiger partial charge is 0.382 e. The molecule has 0 radical (unpaired) electrons. The summed E-state index contributed by atoms with van der Waals surface area (Å²) in [5.74, 6) is 0. The summed E-state index contributed by atoms with van der Waals surface area (Å²) in [5, 5.41) is 11.3. The quantitative estimate of drug-likeness (QED) is 0.684. The third-order valence-electron chi connectivity index (χ3n) is 1.39. The molecule has 1 N–H and O–H groups in total. The van der Waals surface area contributed by atoms with Gasteiger partial charge in [0.05, 0.1) is 6.07 Å². The molecule has 1 aromatic carbocycles. The van der Waals surface area contributed by atoms with E-state index in [2.05, 4.69) is 5.32 Å². The van der Waals surface area contributed by atoms with Crippen molar-refractivity contribution in [2.45, 2.75) is 0 Å². The molecule has 0 fully saturated rings. The molecule has 0 unspecified atom stereocenters. The maximum absolute atomic E-state index is 8.20. The number of para-hydroxylation sites is 1. The summed E-state index contributed by atoms with van der Waals surface area (Å²) < 4.78 is 0. The van der Waals surface area contributed by atoms with Crippen LogP contribution in [-0.4, -0.2) is 6.54 Å². The van der Waals surface area contributed by atoms with Gasteiger partial charge in [-0.2, -0.15) is 5.26 Å². The monoisotopic (exact) mass is 158 g/mol. The molecule has 1 rings (SSSR count). The summed E-state index contributed by atoms with van der Waals surface area (Å²) in [6.45, 7) is 0.692. The molecular formula is C10H10N2. The zero-order valence-electron chi connectivity index (χ0n) is 6.70.